The highest BCUT2D eigenvalue weighted by Crippen LogP contribution is 2.30. The minimum Gasteiger partial charge on any atom is -0.294 e. The van der Waals surface area contributed by atoms with Crippen molar-refractivity contribution >= 4 is 22.4 Å². The van der Waals surface area contributed by atoms with Crippen LogP contribution in [0.5, 0.6) is 0 Å². The molecule has 0 saturated heterocycles. The average Bonchev–Trinajstić information content (AvgIpc) is 2.53. The van der Waals surface area contributed by atoms with Gasteiger partial charge in [-0.2, -0.15) is 0 Å². The van der Waals surface area contributed by atoms with E-state index in [4.69, 9.17) is 0 Å². The number of aromatic nitrogens is 1. The number of hydrogen-bond donors (Lipinski definition) is 0. The maximum absolute atomic E-state index is 11.9. The summed E-state index contributed by atoms with van der Waals surface area (Å²) >= 11 is 0. The van der Waals surface area contributed by atoms with Gasteiger partial charge in [-0.05, 0) is 13.0 Å². The van der Waals surface area contributed by atoms with Crippen molar-refractivity contribution in [1.29, 1.82) is 0 Å². The predicted molar refractivity (Wildman–Crippen MR) is 83.8 cm³/mol. The predicted octanol–water partition coefficient (Wildman–Crippen LogP) is 4.01. The van der Waals surface area contributed by atoms with Gasteiger partial charge in [0.05, 0.1) is 10.6 Å². The number of ketones is 1. The molecule has 3 aromatic rings. The van der Waals surface area contributed by atoms with Crippen LogP contribution in [0.3, 0.4) is 0 Å². The second-order valence-corrected chi connectivity index (χ2v) is 4.91. The number of fused-ring (bicyclic) bond motifs is 1. The SMILES string of the molecule is CC(=O)c1cc(-c2ccccc2)nc2c([N+](=O)[O-])cccc12. The van der Waals surface area contributed by atoms with E-state index in [1.54, 1.807) is 18.2 Å². The number of hydrogen-bond acceptors (Lipinski definition) is 4. The summed E-state index contributed by atoms with van der Waals surface area (Å²) in [5.74, 6) is -0.148. The number of nitro groups is 1. The second kappa shape index (κ2) is 5.37. The largest absolute Gasteiger partial charge is 0.295 e. The van der Waals surface area contributed by atoms with Crippen molar-refractivity contribution in [3.05, 3.63) is 70.3 Å². The van der Waals surface area contributed by atoms with Crippen LogP contribution in [-0.4, -0.2) is 15.7 Å². The first-order chi connectivity index (χ1) is 10.6. The molecule has 0 unspecified atom stereocenters. The molecule has 5 nitrogen and oxygen atoms in total. The van der Waals surface area contributed by atoms with Crippen molar-refractivity contribution in [3.63, 3.8) is 0 Å². The Morgan fingerprint density at radius 1 is 1.09 bits per heavy atom. The Balaban J connectivity index is 2.39. The van der Waals surface area contributed by atoms with Gasteiger partial charge < -0.3 is 0 Å². The highest BCUT2D eigenvalue weighted by Gasteiger charge is 2.18. The molecule has 0 N–H and O–H groups in total. The fraction of sp³-hybridized carbons (Fsp3) is 0.0588. The number of non-ortho nitro benzene ring substituents is 1. The first-order valence-corrected chi connectivity index (χ1v) is 6.72. The molecule has 5 heteroatoms. The summed E-state index contributed by atoms with van der Waals surface area (Å²) in [7, 11) is 0. The van der Waals surface area contributed by atoms with E-state index in [1.807, 2.05) is 30.3 Å². The highest BCUT2D eigenvalue weighted by atomic mass is 16.6. The van der Waals surface area contributed by atoms with Crippen LogP contribution in [-0.2, 0) is 0 Å². The van der Waals surface area contributed by atoms with Gasteiger partial charge >= 0.3 is 0 Å². The number of benzene rings is 2. The zero-order valence-electron chi connectivity index (χ0n) is 11.8. The van der Waals surface area contributed by atoms with Gasteiger partial charge in [0.1, 0.15) is 5.52 Å². The Kier molecular flexibility index (Phi) is 3.39. The molecule has 1 aromatic heterocycles. The quantitative estimate of drug-likeness (QED) is 0.415. The summed E-state index contributed by atoms with van der Waals surface area (Å²) in [6.07, 6.45) is 0. The first kappa shape index (κ1) is 13.9. The molecule has 0 amide bonds. The second-order valence-electron chi connectivity index (χ2n) is 4.91. The number of pyridine rings is 1. The normalized spacial score (nSPS) is 10.6. The Morgan fingerprint density at radius 3 is 2.45 bits per heavy atom. The molecule has 0 fully saturated rings. The van der Waals surface area contributed by atoms with E-state index in [1.165, 1.54) is 13.0 Å². The van der Waals surface area contributed by atoms with E-state index in [9.17, 15) is 14.9 Å². The molecule has 0 saturated carbocycles. The Labute approximate surface area is 126 Å². The summed E-state index contributed by atoms with van der Waals surface area (Å²) in [5.41, 5.74) is 1.93. The average molecular weight is 292 g/mol. The van der Waals surface area contributed by atoms with Crippen molar-refractivity contribution in [3.8, 4) is 11.3 Å². The van der Waals surface area contributed by atoms with Gasteiger partial charge in [0.25, 0.3) is 5.69 Å². The van der Waals surface area contributed by atoms with Crippen LogP contribution in [0.15, 0.2) is 54.6 Å². The van der Waals surface area contributed by atoms with Gasteiger partial charge in [-0.3, -0.25) is 14.9 Å². The van der Waals surface area contributed by atoms with E-state index >= 15 is 0 Å². The Bertz CT molecular complexity index is 889. The molecule has 0 aliphatic heterocycles. The highest BCUT2D eigenvalue weighted by molar-refractivity contribution is 6.08. The lowest BCUT2D eigenvalue weighted by molar-refractivity contribution is -0.383. The molecule has 0 spiro atoms. The van der Waals surface area contributed by atoms with Crippen LogP contribution in [0.1, 0.15) is 17.3 Å². The third-order valence-electron chi connectivity index (χ3n) is 3.46. The summed E-state index contributed by atoms with van der Waals surface area (Å²) in [6, 6.07) is 15.6. The number of nitrogens with zero attached hydrogens (tertiary/aromatic N) is 2. The smallest absolute Gasteiger partial charge is 0.294 e. The molecule has 0 atom stereocenters. The summed E-state index contributed by atoms with van der Waals surface area (Å²) in [4.78, 5) is 27.1. The van der Waals surface area contributed by atoms with Crippen LogP contribution in [0.25, 0.3) is 22.2 Å². The van der Waals surface area contributed by atoms with Gasteiger partial charge in [-0.25, -0.2) is 4.98 Å². The zero-order chi connectivity index (χ0) is 15.7. The van der Waals surface area contributed by atoms with Gasteiger partial charge in [-0.1, -0.05) is 42.5 Å². The van der Waals surface area contributed by atoms with Crippen LogP contribution in [0.2, 0.25) is 0 Å². The topological polar surface area (TPSA) is 73.1 Å². The van der Waals surface area contributed by atoms with Crippen molar-refractivity contribution < 1.29 is 9.72 Å². The molecular formula is C17H12N2O3. The Morgan fingerprint density at radius 2 is 1.82 bits per heavy atom. The van der Waals surface area contributed by atoms with E-state index in [2.05, 4.69) is 4.98 Å². The molecule has 0 aliphatic rings. The van der Waals surface area contributed by atoms with Crippen LogP contribution < -0.4 is 0 Å². The number of nitro benzene ring substituents is 1. The molecule has 1 heterocycles. The van der Waals surface area contributed by atoms with Gasteiger partial charge in [0.15, 0.2) is 5.78 Å². The molecular weight excluding hydrogens is 280 g/mol. The van der Waals surface area contributed by atoms with Crippen molar-refractivity contribution in [2.75, 3.05) is 0 Å². The monoisotopic (exact) mass is 292 g/mol. The zero-order valence-corrected chi connectivity index (χ0v) is 11.8. The third-order valence-corrected chi connectivity index (χ3v) is 3.46. The van der Waals surface area contributed by atoms with Crippen LogP contribution in [0, 0.1) is 10.1 Å². The number of carbonyl (C=O) groups excluding carboxylic acids is 1. The fourth-order valence-corrected chi connectivity index (χ4v) is 2.43. The lowest BCUT2D eigenvalue weighted by atomic mass is 10.0. The van der Waals surface area contributed by atoms with E-state index < -0.39 is 4.92 Å². The van der Waals surface area contributed by atoms with Crippen LogP contribution >= 0.6 is 0 Å². The van der Waals surface area contributed by atoms with E-state index in [0.717, 1.165) is 5.56 Å². The molecule has 2 aromatic carbocycles. The van der Waals surface area contributed by atoms with Gasteiger partial charge in [0, 0.05) is 22.6 Å². The molecule has 0 bridgehead atoms. The molecule has 0 aliphatic carbocycles. The van der Waals surface area contributed by atoms with Gasteiger partial charge in [-0.15, -0.1) is 0 Å². The number of carbonyl (C=O) groups is 1. The molecule has 108 valence electrons. The number of Topliss-reactive ketones (excluding diaryl/α,β-unsaturated/α-hetero) is 1. The molecule has 3 rings (SSSR count). The summed E-state index contributed by atoms with van der Waals surface area (Å²) in [6.45, 7) is 1.45. The first-order valence-electron chi connectivity index (χ1n) is 6.72. The maximum atomic E-state index is 11.9. The van der Waals surface area contributed by atoms with E-state index in [-0.39, 0.29) is 17.0 Å². The fourth-order valence-electron chi connectivity index (χ4n) is 2.43. The standard InChI is InChI=1S/C17H12N2O3/c1-11(20)14-10-15(12-6-3-2-4-7-12)18-17-13(14)8-5-9-16(17)19(21)22/h2-10H,1H3. The van der Waals surface area contributed by atoms with Crippen LogP contribution in [0.4, 0.5) is 5.69 Å². The number of para-hydroxylation sites is 1. The third kappa shape index (κ3) is 2.33. The summed E-state index contributed by atoms with van der Waals surface area (Å²) < 4.78 is 0. The maximum Gasteiger partial charge on any atom is 0.295 e. The van der Waals surface area contributed by atoms with E-state index in [0.29, 0.717) is 16.6 Å². The molecule has 0 radical (unpaired) electrons. The number of rotatable bonds is 3. The summed E-state index contributed by atoms with van der Waals surface area (Å²) in [5, 5.41) is 11.7. The molecule has 22 heavy (non-hydrogen) atoms. The van der Waals surface area contributed by atoms with Crippen molar-refractivity contribution in [2.45, 2.75) is 6.92 Å². The minimum atomic E-state index is -0.478. The van der Waals surface area contributed by atoms with Crippen molar-refractivity contribution in [1.82, 2.24) is 4.98 Å². The Hall–Kier alpha value is -3.08. The lowest BCUT2D eigenvalue weighted by Gasteiger charge is -2.08. The lowest BCUT2D eigenvalue weighted by Crippen LogP contribution is -2.00. The van der Waals surface area contributed by atoms with Crippen molar-refractivity contribution in [2.24, 2.45) is 0 Å². The minimum absolute atomic E-state index is 0.0993. The van der Waals surface area contributed by atoms with Gasteiger partial charge in [0.2, 0.25) is 0 Å².